The molecule has 0 amide bonds. The summed E-state index contributed by atoms with van der Waals surface area (Å²) in [6.45, 7) is 15.7. The van der Waals surface area contributed by atoms with E-state index in [1.165, 1.54) is 5.57 Å². The molecule has 14 heavy (non-hydrogen) atoms. The molecule has 0 aromatic heterocycles. The molecule has 0 aromatic rings. The van der Waals surface area contributed by atoms with Gasteiger partial charge >= 0.3 is 0 Å². The average Bonchev–Trinajstić information content (AvgIpc) is 2.11. The van der Waals surface area contributed by atoms with E-state index in [0.29, 0.717) is 17.1 Å². The zero-order chi connectivity index (χ0) is 11.0. The first-order chi connectivity index (χ1) is 6.37. The summed E-state index contributed by atoms with van der Waals surface area (Å²) in [5.74, 6) is 3.55. The fourth-order valence-corrected chi connectivity index (χ4v) is 3.64. The summed E-state index contributed by atoms with van der Waals surface area (Å²) in [6, 6.07) is 0. The summed E-state index contributed by atoms with van der Waals surface area (Å²) in [6.07, 6.45) is 0. The minimum Gasteiger partial charge on any atom is -0.175 e. The molecule has 0 spiro atoms. The van der Waals surface area contributed by atoms with Gasteiger partial charge in [-0.15, -0.1) is 0 Å². The standard InChI is InChI=1S/C13H24S/c1-7(2)12-9(4)8(3)10(5)13(14)11(12)6/h8-14H,1H2,2-6H3. The second kappa shape index (κ2) is 4.30. The molecule has 0 aromatic carbocycles. The van der Waals surface area contributed by atoms with Gasteiger partial charge < -0.3 is 0 Å². The summed E-state index contributed by atoms with van der Waals surface area (Å²) < 4.78 is 0. The second-order valence-electron chi connectivity index (χ2n) is 5.30. The highest BCUT2D eigenvalue weighted by molar-refractivity contribution is 7.81. The van der Waals surface area contributed by atoms with Crippen LogP contribution >= 0.6 is 12.6 Å². The molecular weight excluding hydrogens is 188 g/mol. The lowest BCUT2D eigenvalue weighted by molar-refractivity contribution is 0.105. The monoisotopic (exact) mass is 212 g/mol. The van der Waals surface area contributed by atoms with Crippen LogP contribution in [0.4, 0.5) is 0 Å². The van der Waals surface area contributed by atoms with Crippen molar-refractivity contribution in [3.05, 3.63) is 12.2 Å². The lowest BCUT2D eigenvalue weighted by atomic mass is 9.62. The average molecular weight is 212 g/mol. The van der Waals surface area contributed by atoms with Crippen molar-refractivity contribution >= 4 is 12.6 Å². The molecule has 1 rings (SSSR count). The van der Waals surface area contributed by atoms with Gasteiger partial charge in [0.05, 0.1) is 0 Å². The summed E-state index contributed by atoms with van der Waals surface area (Å²) in [5, 5.41) is 0.530. The second-order valence-corrected chi connectivity index (χ2v) is 5.90. The first-order valence-electron chi connectivity index (χ1n) is 5.71. The van der Waals surface area contributed by atoms with Crippen molar-refractivity contribution in [1.82, 2.24) is 0 Å². The van der Waals surface area contributed by atoms with Gasteiger partial charge in [0.25, 0.3) is 0 Å². The van der Waals surface area contributed by atoms with Crippen LogP contribution < -0.4 is 0 Å². The first-order valence-corrected chi connectivity index (χ1v) is 6.23. The van der Waals surface area contributed by atoms with E-state index in [0.717, 1.165) is 17.8 Å². The molecule has 0 aliphatic heterocycles. The van der Waals surface area contributed by atoms with Crippen LogP contribution in [0.5, 0.6) is 0 Å². The van der Waals surface area contributed by atoms with Gasteiger partial charge in [-0.2, -0.15) is 12.6 Å². The van der Waals surface area contributed by atoms with Crippen molar-refractivity contribution in [1.29, 1.82) is 0 Å². The Morgan fingerprint density at radius 3 is 1.86 bits per heavy atom. The van der Waals surface area contributed by atoms with E-state index in [4.69, 9.17) is 12.6 Å². The van der Waals surface area contributed by atoms with Crippen molar-refractivity contribution in [3.63, 3.8) is 0 Å². The van der Waals surface area contributed by atoms with Gasteiger partial charge in [-0.3, -0.25) is 0 Å². The number of hydrogen-bond acceptors (Lipinski definition) is 1. The molecule has 0 heterocycles. The van der Waals surface area contributed by atoms with E-state index in [1.807, 2.05) is 0 Å². The Balaban J connectivity index is 2.92. The first kappa shape index (κ1) is 12.2. The van der Waals surface area contributed by atoms with Crippen molar-refractivity contribution in [3.8, 4) is 0 Å². The van der Waals surface area contributed by atoms with Crippen LogP contribution in [-0.2, 0) is 0 Å². The van der Waals surface area contributed by atoms with Crippen molar-refractivity contribution in [2.75, 3.05) is 0 Å². The van der Waals surface area contributed by atoms with Crippen LogP contribution in [0.1, 0.15) is 34.6 Å². The van der Waals surface area contributed by atoms with Crippen molar-refractivity contribution in [2.24, 2.45) is 29.6 Å². The van der Waals surface area contributed by atoms with E-state index in [2.05, 4.69) is 41.2 Å². The van der Waals surface area contributed by atoms with Crippen LogP contribution in [-0.4, -0.2) is 5.25 Å². The molecule has 1 saturated carbocycles. The lowest BCUT2D eigenvalue weighted by Crippen LogP contribution is -2.43. The van der Waals surface area contributed by atoms with Crippen molar-refractivity contribution in [2.45, 2.75) is 39.9 Å². The Morgan fingerprint density at radius 2 is 1.43 bits per heavy atom. The van der Waals surface area contributed by atoms with E-state index < -0.39 is 0 Å². The fraction of sp³-hybridized carbons (Fsp3) is 0.846. The molecular formula is C13H24S. The van der Waals surface area contributed by atoms with Gasteiger partial charge in [-0.25, -0.2) is 0 Å². The molecule has 6 unspecified atom stereocenters. The Labute approximate surface area is 94.6 Å². The number of hydrogen-bond donors (Lipinski definition) is 1. The highest BCUT2D eigenvalue weighted by Crippen LogP contribution is 2.46. The molecule has 6 atom stereocenters. The molecule has 0 radical (unpaired) electrons. The van der Waals surface area contributed by atoms with Gasteiger partial charge in [0.2, 0.25) is 0 Å². The summed E-state index contributed by atoms with van der Waals surface area (Å²) in [7, 11) is 0. The minimum atomic E-state index is 0.530. The zero-order valence-corrected chi connectivity index (χ0v) is 11.0. The largest absolute Gasteiger partial charge is 0.175 e. The fourth-order valence-electron chi connectivity index (χ4n) is 3.18. The smallest absolute Gasteiger partial charge is 0.00765 e. The third-order valence-corrected chi connectivity index (χ3v) is 5.38. The van der Waals surface area contributed by atoms with E-state index >= 15 is 0 Å². The normalized spacial score (nSPS) is 49.0. The number of allylic oxidation sites excluding steroid dienone is 1. The maximum absolute atomic E-state index is 4.76. The maximum atomic E-state index is 4.76. The quantitative estimate of drug-likeness (QED) is 0.492. The molecule has 0 N–H and O–H groups in total. The number of rotatable bonds is 1. The van der Waals surface area contributed by atoms with Gasteiger partial charge in [0.1, 0.15) is 0 Å². The molecule has 1 aliphatic rings. The third kappa shape index (κ3) is 1.88. The van der Waals surface area contributed by atoms with Gasteiger partial charge in [0, 0.05) is 5.25 Å². The molecule has 0 bridgehead atoms. The molecule has 1 aliphatic carbocycles. The van der Waals surface area contributed by atoms with Crippen LogP contribution in [0.2, 0.25) is 0 Å². The Bertz CT molecular complexity index is 205. The summed E-state index contributed by atoms with van der Waals surface area (Å²) in [4.78, 5) is 0. The molecule has 0 nitrogen and oxygen atoms in total. The molecule has 1 fully saturated rings. The van der Waals surface area contributed by atoms with Gasteiger partial charge in [-0.1, -0.05) is 39.8 Å². The molecule has 0 saturated heterocycles. The van der Waals surface area contributed by atoms with Crippen LogP contribution in [0, 0.1) is 29.6 Å². The maximum Gasteiger partial charge on any atom is 0.00765 e. The van der Waals surface area contributed by atoms with E-state index in [-0.39, 0.29) is 0 Å². The Hall–Kier alpha value is 0.0900. The minimum absolute atomic E-state index is 0.530. The topological polar surface area (TPSA) is 0 Å². The summed E-state index contributed by atoms with van der Waals surface area (Å²) >= 11 is 4.76. The van der Waals surface area contributed by atoms with Crippen LogP contribution in [0.3, 0.4) is 0 Å². The van der Waals surface area contributed by atoms with Crippen molar-refractivity contribution < 1.29 is 0 Å². The lowest BCUT2D eigenvalue weighted by Gasteiger charge is -2.47. The highest BCUT2D eigenvalue weighted by atomic mass is 32.1. The van der Waals surface area contributed by atoms with Gasteiger partial charge in [-0.05, 0) is 36.5 Å². The predicted molar refractivity (Wildman–Crippen MR) is 67.7 cm³/mol. The Kier molecular flexibility index (Phi) is 3.74. The third-order valence-electron chi connectivity index (χ3n) is 4.44. The van der Waals surface area contributed by atoms with Crippen LogP contribution in [0.15, 0.2) is 12.2 Å². The van der Waals surface area contributed by atoms with Gasteiger partial charge in [0.15, 0.2) is 0 Å². The van der Waals surface area contributed by atoms with Crippen LogP contribution in [0.25, 0.3) is 0 Å². The predicted octanol–water partition coefficient (Wildman–Crippen LogP) is 4.04. The molecule has 1 heteroatoms. The molecule has 82 valence electrons. The number of thiol groups is 1. The highest BCUT2D eigenvalue weighted by Gasteiger charge is 2.41. The van der Waals surface area contributed by atoms with E-state index in [1.54, 1.807) is 0 Å². The zero-order valence-electron chi connectivity index (χ0n) is 10.1. The SMILES string of the molecule is C=C(C)C1C(C)C(C)C(C)C(S)C1C. The summed E-state index contributed by atoms with van der Waals surface area (Å²) in [5.41, 5.74) is 1.34. The van der Waals surface area contributed by atoms with E-state index in [9.17, 15) is 0 Å². The Morgan fingerprint density at radius 1 is 0.929 bits per heavy atom.